The molecule has 2 N–H and O–H groups in total. The highest BCUT2D eigenvalue weighted by atomic mass is 32.2. The number of nitrogens with one attached hydrogen (secondary N) is 1. The molecule has 0 fully saturated rings. The molecule has 1 heterocycles. The van der Waals surface area contributed by atoms with Crippen LogP contribution in [0.4, 0.5) is 5.69 Å². The molecule has 1 amide bonds. The number of thioether (sulfide) groups is 1. The maximum absolute atomic E-state index is 11.4. The highest BCUT2D eigenvalue weighted by Gasteiger charge is 2.22. The zero-order valence-electron chi connectivity index (χ0n) is 9.19. The molecule has 0 aromatic heterocycles. The summed E-state index contributed by atoms with van der Waals surface area (Å²) in [6, 6.07) is 6.05. The summed E-state index contributed by atoms with van der Waals surface area (Å²) < 4.78 is 0. The van der Waals surface area contributed by atoms with E-state index in [9.17, 15) is 4.79 Å². The lowest BCUT2D eigenvalue weighted by molar-refractivity contribution is -0.115. The van der Waals surface area contributed by atoms with Gasteiger partial charge in [-0.25, -0.2) is 0 Å². The first kappa shape index (κ1) is 11.5. The van der Waals surface area contributed by atoms with Crippen LogP contribution in [0, 0.1) is 0 Å². The Balaban J connectivity index is 2.19. The third kappa shape index (κ3) is 2.39. The third-order valence-electron chi connectivity index (χ3n) is 2.60. The van der Waals surface area contributed by atoms with Crippen molar-refractivity contribution in [2.24, 2.45) is 0 Å². The highest BCUT2D eigenvalue weighted by Crippen LogP contribution is 2.36. The van der Waals surface area contributed by atoms with Gasteiger partial charge < -0.3 is 10.4 Å². The van der Waals surface area contributed by atoms with Gasteiger partial charge in [0.05, 0.1) is 10.9 Å². The topological polar surface area (TPSA) is 49.3 Å². The molecular formula is C12H15NO2S. The molecule has 2 rings (SSSR count). The van der Waals surface area contributed by atoms with Crippen LogP contribution in [0.15, 0.2) is 23.1 Å². The number of hydrogen-bond acceptors (Lipinski definition) is 3. The van der Waals surface area contributed by atoms with Crippen molar-refractivity contribution in [1.82, 2.24) is 0 Å². The monoisotopic (exact) mass is 237 g/mol. The first-order valence-corrected chi connectivity index (χ1v) is 6.30. The van der Waals surface area contributed by atoms with Gasteiger partial charge in [-0.15, -0.1) is 11.8 Å². The quantitative estimate of drug-likeness (QED) is 0.846. The Bertz CT molecular complexity index is 406. The van der Waals surface area contributed by atoms with Crippen LogP contribution in [0.5, 0.6) is 0 Å². The van der Waals surface area contributed by atoms with Gasteiger partial charge in [0, 0.05) is 11.5 Å². The number of carbonyl (C=O) groups is 1. The highest BCUT2D eigenvalue weighted by molar-refractivity contribution is 8.00. The van der Waals surface area contributed by atoms with Crippen molar-refractivity contribution in [2.75, 3.05) is 11.9 Å². The van der Waals surface area contributed by atoms with Gasteiger partial charge in [0.25, 0.3) is 0 Å². The first-order chi connectivity index (χ1) is 7.70. The molecule has 86 valence electrons. The molecule has 0 bridgehead atoms. The average molecular weight is 237 g/mol. The summed E-state index contributed by atoms with van der Waals surface area (Å²) in [4.78, 5) is 12.6. The summed E-state index contributed by atoms with van der Waals surface area (Å²) in [6.45, 7) is 2.13. The van der Waals surface area contributed by atoms with Crippen LogP contribution < -0.4 is 5.32 Å². The van der Waals surface area contributed by atoms with E-state index in [4.69, 9.17) is 5.11 Å². The van der Waals surface area contributed by atoms with Gasteiger partial charge in [-0.1, -0.05) is 6.07 Å². The Morgan fingerprint density at radius 3 is 3.06 bits per heavy atom. The Morgan fingerprint density at radius 1 is 1.50 bits per heavy atom. The second-order valence-corrected chi connectivity index (χ2v) is 5.29. The van der Waals surface area contributed by atoms with Crippen LogP contribution >= 0.6 is 11.8 Å². The summed E-state index contributed by atoms with van der Waals surface area (Å²) in [6.07, 6.45) is 1.66. The largest absolute Gasteiger partial charge is 0.396 e. The second kappa shape index (κ2) is 4.89. The molecule has 0 spiro atoms. The van der Waals surface area contributed by atoms with E-state index >= 15 is 0 Å². The number of aliphatic hydroxyl groups excluding tert-OH is 1. The van der Waals surface area contributed by atoms with Crippen LogP contribution in [-0.4, -0.2) is 22.9 Å². The molecule has 1 aromatic carbocycles. The number of anilines is 1. The van der Waals surface area contributed by atoms with Gasteiger partial charge in [0.2, 0.25) is 5.91 Å². The van der Waals surface area contributed by atoms with Crippen LogP contribution in [0.2, 0.25) is 0 Å². The number of aryl methyl sites for hydroxylation is 1. The standard InChI is InChI=1S/C12H15NO2S/c1-8-12(15)13-10-5-4-9(3-2-6-14)7-11(10)16-8/h4-5,7-8,14H,2-3,6H2,1H3,(H,13,15). The molecule has 0 saturated heterocycles. The molecule has 4 heteroatoms. The van der Waals surface area contributed by atoms with Crippen molar-refractivity contribution >= 4 is 23.4 Å². The lowest BCUT2D eigenvalue weighted by Crippen LogP contribution is -2.26. The number of rotatable bonds is 3. The van der Waals surface area contributed by atoms with Crippen molar-refractivity contribution in [3.63, 3.8) is 0 Å². The van der Waals surface area contributed by atoms with Crippen LogP contribution in [0.25, 0.3) is 0 Å². The SMILES string of the molecule is CC1Sc2cc(CCCO)ccc2NC1=O. The van der Waals surface area contributed by atoms with Gasteiger partial charge in [-0.05, 0) is 37.5 Å². The number of aliphatic hydroxyl groups is 1. The molecule has 1 aliphatic rings. The van der Waals surface area contributed by atoms with Gasteiger partial charge >= 0.3 is 0 Å². The lowest BCUT2D eigenvalue weighted by Gasteiger charge is -2.21. The fourth-order valence-electron chi connectivity index (χ4n) is 1.68. The van der Waals surface area contributed by atoms with Crippen LogP contribution in [0.3, 0.4) is 0 Å². The minimum Gasteiger partial charge on any atom is -0.396 e. The van der Waals surface area contributed by atoms with Crippen molar-refractivity contribution in [3.8, 4) is 0 Å². The van der Waals surface area contributed by atoms with Gasteiger partial charge in [0.1, 0.15) is 0 Å². The second-order valence-electron chi connectivity index (χ2n) is 3.91. The Labute approximate surface area is 99.2 Å². The summed E-state index contributed by atoms with van der Waals surface area (Å²) in [5.74, 6) is 0.0700. The molecule has 16 heavy (non-hydrogen) atoms. The van der Waals surface area contributed by atoms with Crippen molar-refractivity contribution in [1.29, 1.82) is 0 Å². The first-order valence-electron chi connectivity index (χ1n) is 5.42. The molecule has 1 aliphatic heterocycles. The normalized spacial score (nSPS) is 19.1. The molecule has 1 aromatic rings. The molecule has 0 aliphatic carbocycles. The van der Waals surface area contributed by atoms with Crippen LogP contribution in [0.1, 0.15) is 18.9 Å². The fraction of sp³-hybridized carbons (Fsp3) is 0.417. The number of benzene rings is 1. The average Bonchev–Trinajstić information content (AvgIpc) is 2.28. The van der Waals surface area contributed by atoms with E-state index in [-0.39, 0.29) is 17.8 Å². The number of fused-ring (bicyclic) bond motifs is 1. The van der Waals surface area contributed by atoms with Gasteiger partial charge in [-0.3, -0.25) is 4.79 Å². The van der Waals surface area contributed by atoms with E-state index in [0.29, 0.717) is 0 Å². The van der Waals surface area contributed by atoms with Crippen LogP contribution in [-0.2, 0) is 11.2 Å². The Hall–Kier alpha value is -1.00. The Morgan fingerprint density at radius 2 is 2.31 bits per heavy atom. The van der Waals surface area contributed by atoms with E-state index in [0.717, 1.165) is 23.4 Å². The number of carbonyl (C=O) groups excluding carboxylic acids is 1. The minimum absolute atomic E-state index is 0.0272. The predicted molar refractivity (Wildman–Crippen MR) is 65.8 cm³/mol. The summed E-state index contributed by atoms with van der Waals surface area (Å²) in [5.41, 5.74) is 2.12. The smallest absolute Gasteiger partial charge is 0.237 e. The molecule has 1 atom stereocenters. The number of hydrogen-bond donors (Lipinski definition) is 2. The summed E-state index contributed by atoms with van der Waals surface area (Å²) >= 11 is 1.59. The van der Waals surface area contributed by atoms with Gasteiger partial charge in [-0.2, -0.15) is 0 Å². The molecule has 1 unspecified atom stereocenters. The minimum atomic E-state index is -0.0272. The third-order valence-corrected chi connectivity index (χ3v) is 3.76. The van der Waals surface area contributed by atoms with Gasteiger partial charge in [0.15, 0.2) is 0 Å². The Kier molecular flexibility index (Phi) is 3.51. The molecular weight excluding hydrogens is 222 g/mol. The van der Waals surface area contributed by atoms with E-state index in [1.54, 1.807) is 11.8 Å². The van der Waals surface area contributed by atoms with Crippen molar-refractivity contribution in [3.05, 3.63) is 23.8 Å². The van der Waals surface area contributed by atoms with Crippen molar-refractivity contribution in [2.45, 2.75) is 29.9 Å². The molecule has 0 saturated carbocycles. The summed E-state index contributed by atoms with van der Waals surface area (Å²) in [5, 5.41) is 11.6. The maximum Gasteiger partial charge on any atom is 0.237 e. The zero-order valence-corrected chi connectivity index (χ0v) is 10.0. The fourth-order valence-corrected chi connectivity index (χ4v) is 2.70. The lowest BCUT2D eigenvalue weighted by atomic mass is 10.1. The van der Waals surface area contributed by atoms with E-state index in [2.05, 4.69) is 11.4 Å². The van der Waals surface area contributed by atoms with Crippen molar-refractivity contribution < 1.29 is 9.90 Å². The van der Waals surface area contributed by atoms with E-state index in [1.165, 1.54) is 5.56 Å². The van der Waals surface area contributed by atoms with E-state index in [1.807, 2.05) is 19.1 Å². The predicted octanol–water partition coefficient (Wildman–Crippen LogP) is 2.04. The van der Waals surface area contributed by atoms with E-state index < -0.39 is 0 Å². The number of amides is 1. The maximum atomic E-state index is 11.4. The molecule has 0 radical (unpaired) electrons. The zero-order chi connectivity index (χ0) is 11.5. The molecule has 3 nitrogen and oxygen atoms in total. The summed E-state index contributed by atoms with van der Waals surface area (Å²) in [7, 11) is 0.